The van der Waals surface area contributed by atoms with Gasteiger partial charge in [-0.25, -0.2) is 9.67 Å². The third kappa shape index (κ3) is 7.24. The molecule has 7 nitrogen and oxygen atoms in total. The molecule has 1 saturated heterocycles. The molecule has 0 bridgehead atoms. The van der Waals surface area contributed by atoms with Crippen LogP contribution < -0.4 is 0 Å². The van der Waals surface area contributed by atoms with Crippen molar-refractivity contribution in [3.8, 4) is 12.3 Å². The summed E-state index contributed by atoms with van der Waals surface area (Å²) in [6.07, 6.45) is 5.75. The number of ether oxygens (including phenoxy) is 1. The Morgan fingerprint density at radius 1 is 0.838 bits per heavy atom. The molecular weight excluding hydrogens is 515 g/mol. The molecule has 0 saturated carbocycles. The fraction of sp³-hybridized carbons (Fsp3) is 0.852. The number of hydrogen-bond donors (Lipinski definition) is 0. The van der Waals surface area contributed by atoms with Gasteiger partial charge in [0.25, 0.3) is 0 Å². The molecule has 1 aliphatic heterocycles. The molecule has 4 atom stereocenters. The highest BCUT2D eigenvalue weighted by atomic mass is 28.4. The van der Waals surface area contributed by atoms with Crippen molar-refractivity contribution in [2.24, 2.45) is 0 Å². The Morgan fingerprint density at radius 2 is 1.30 bits per heavy atom. The van der Waals surface area contributed by atoms with Gasteiger partial charge in [-0.2, -0.15) is 0 Å². The lowest BCUT2D eigenvalue weighted by atomic mass is 10.1. The first-order chi connectivity index (χ1) is 16.4. The molecule has 0 aromatic carbocycles. The molecule has 0 amide bonds. The smallest absolute Gasteiger partial charge is 0.225 e. The van der Waals surface area contributed by atoms with Crippen molar-refractivity contribution in [1.82, 2.24) is 14.8 Å². The Labute approximate surface area is 229 Å². The fourth-order valence-electron chi connectivity index (χ4n) is 3.33. The van der Waals surface area contributed by atoms with Gasteiger partial charge in [-0.15, -0.1) is 11.5 Å². The van der Waals surface area contributed by atoms with Gasteiger partial charge in [-0.3, -0.25) is 0 Å². The number of hydrogen-bond acceptors (Lipinski definition) is 6. The largest absolute Gasteiger partial charge is 0.414 e. The van der Waals surface area contributed by atoms with E-state index in [0.717, 1.165) is 0 Å². The summed E-state index contributed by atoms with van der Waals surface area (Å²) in [5, 5.41) is 4.65. The van der Waals surface area contributed by atoms with Gasteiger partial charge in [-0.1, -0.05) is 62.3 Å². The Hall–Kier alpha value is -0.809. The lowest BCUT2D eigenvalue weighted by Gasteiger charge is -2.44. The standard InChI is InChI=1S/C27H53N3O4Si3/c1-17-21-28-19-30(29-21)24-23(34-37(15,16)27(8,9)10)22(33-36(13,14)26(5,6)7)20(32-24)18-31-35(11,12)25(2,3)4/h1,19-20,22-24H,18H2,2-16H3/t20-,22+,23?,24-/m1/s1. The van der Waals surface area contributed by atoms with Crippen molar-refractivity contribution in [2.45, 2.75) is 141 Å². The van der Waals surface area contributed by atoms with Gasteiger partial charge >= 0.3 is 0 Å². The average molecular weight is 568 g/mol. The molecule has 1 fully saturated rings. The summed E-state index contributed by atoms with van der Waals surface area (Å²) in [6, 6.07) is 0. The molecule has 1 aromatic rings. The van der Waals surface area contributed by atoms with Crippen LogP contribution in [0, 0.1) is 12.3 Å². The summed E-state index contributed by atoms with van der Waals surface area (Å²) >= 11 is 0. The van der Waals surface area contributed by atoms with Gasteiger partial charge in [0.1, 0.15) is 24.6 Å². The van der Waals surface area contributed by atoms with Gasteiger partial charge in [0.15, 0.2) is 31.2 Å². The lowest BCUT2D eigenvalue weighted by Crippen LogP contribution is -2.54. The third-order valence-corrected chi connectivity index (χ3v) is 22.5. The zero-order valence-corrected chi connectivity index (χ0v) is 29.1. The summed E-state index contributed by atoms with van der Waals surface area (Å²) in [4.78, 5) is 4.28. The summed E-state index contributed by atoms with van der Waals surface area (Å²) in [5.74, 6) is 2.86. The van der Waals surface area contributed by atoms with Crippen LogP contribution >= 0.6 is 0 Å². The van der Waals surface area contributed by atoms with E-state index in [2.05, 4.69) is 118 Å². The van der Waals surface area contributed by atoms with E-state index >= 15 is 0 Å². The predicted molar refractivity (Wildman–Crippen MR) is 159 cm³/mol. The molecular formula is C27H53N3O4Si3. The molecule has 0 aliphatic carbocycles. The second kappa shape index (κ2) is 10.6. The van der Waals surface area contributed by atoms with Crippen LogP contribution in [-0.4, -0.2) is 64.6 Å². The van der Waals surface area contributed by atoms with Crippen molar-refractivity contribution in [1.29, 1.82) is 0 Å². The maximum atomic E-state index is 7.13. The second-order valence-corrected chi connectivity index (χ2v) is 29.3. The molecule has 1 aromatic heterocycles. The van der Waals surface area contributed by atoms with Crippen LogP contribution in [0.3, 0.4) is 0 Å². The number of terminal acetylenes is 1. The first kappa shape index (κ1) is 32.4. The minimum absolute atomic E-state index is 0.0150. The van der Waals surface area contributed by atoms with E-state index in [1.54, 1.807) is 11.0 Å². The van der Waals surface area contributed by atoms with Crippen LogP contribution in [0.2, 0.25) is 54.4 Å². The highest BCUT2D eigenvalue weighted by Gasteiger charge is 2.55. The van der Waals surface area contributed by atoms with Gasteiger partial charge in [0.05, 0.1) is 6.61 Å². The first-order valence-corrected chi connectivity index (χ1v) is 22.2. The van der Waals surface area contributed by atoms with E-state index in [-0.39, 0.29) is 33.4 Å². The number of aromatic nitrogens is 3. The van der Waals surface area contributed by atoms with Gasteiger partial charge in [0.2, 0.25) is 5.82 Å². The number of nitrogens with zero attached hydrogens (tertiary/aromatic N) is 3. The van der Waals surface area contributed by atoms with Gasteiger partial charge in [-0.05, 0) is 60.3 Å². The normalized spacial score (nSPS) is 24.4. The van der Waals surface area contributed by atoms with Crippen molar-refractivity contribution >= 4 is 25.0 Å². The van der Waals surface area contributed by atoms with Crippen LogP contribution in [0.5, 0.6) is 0 Å². The minimum atomic E-state index is -2.21. The zero-order chi connectivity index (χ0) is 28.8. The Bertz CT molecular complexity index is 965. The Balaban J connectivity index is 2.58. The van der Waals surface area contributed by atoms with Crippen molar-refractivity contribution < 1.29 is 18.0 Å². The van der Waals surface area contributed by atoms with E-state index in [4.69, 9.17) is 24.4 Å². The molecule has 1 unspecified atom stereocenters. The minimum Gasteiger partial charge on any atom is -0.414 e. The monoisotopic (exact) mass is 567 g/mol. The van der Waals surface area contributed by atoms with Crippen LogP contribution in [0.15, 0.2) is 6.33 Å². The quantitative estimate of drug-likeness (QED) is 0.250. The second-order valence-electron chi connectivity index (χ2n) is 15.0. The van der Waals surface area contributed by atoms with Gasteiger partial charge < -0.3 is 18.0 Å². The maximum absolute atomic E-state index is 7.13. The molecule has 2 rings (SSSR count). The predicted octanol–water partition coefficient (Wildman–Crippen LogP) is 6.96. The first-order valence-electron chi connectivity index (χ1n) is 13.5. The summed E-state index contributed by atoms with van der Waals surface area (Å²) < 4.78 is 29.4. The Morgan fingerprint density at radius 3 is 1.70 bits per heavy atom. The lowest BCUT2D eigenvalue weighted by molar-refractivity contribution is -0.0548. The Kier molecular flexibility index (Phi) is 9.31. The molecule has 0 radical (unpaired) electrons. The van der Waals surface area contributed by atoms with E-state index in [9.17, 15) is 0 Å². The molecule has 10 heteroatoms. The highest BCUT2D eigenvalue weighted by Crippen LogP contribution is 2.46. The van der Waals surface area contributed by atoms with Crippen LogP contribution in [0.1, 0.15) is 74.4 Å². The molecule has 0 spiro atoms. The molecule has 2 heterocycles. The maximum Gasteiger partial charge on any atom is 0.225 e. The SMILES string of the molecule is C#Cc1ncn([C@@H]2O[C@H](CO[Si](C)(C)C(C)(C)C)[C@H](O[Si](C)(C)C(C)(C)C)C2O[Si](C)(C)C(C)(C)C)n1. The number of rotatable bonds is 8. The molecule has 1 aliphatic rings. The summed E-state index contributed by atoms with van der Waals surface area (Å²) in [5.41, 5.74) is 0. The van der Waals surface area contributed by atoms with Crippen molar-refractivity contribution in [2.75, 3.05) is 6.61 Å². The fourth-order valence-corrected chi connectivity index (χ4v) is 6.95. The van der Waals surface area contributed by atoms with E-state index in [1.807, 2.05) is 0 Å². The molecule has 37 heavy (non-hydrogen) atoms. The topological polar surface area (TPSA) is 67.6 Å². The van der Waals surface area contributed by atoms with E-state index in [1.165, 1.54) is 0 Å². The average Bonchev–Trinajstić information content (AvgIpc) is 3.29. The van der Waals surface area contributed by atoms with Gasteiger partial charge in [0, 0.05) is 0 Å². The zero-order valence-electron chi connectivity index (χ0n) is 26.1. The molecule has 0 N–H and O–H groups in total. The van der Waals surface area contributed by atoms with Crippen molar-refractivity contribution in [3.05, 3.63) is 12.2 Å². The van der Waals surface area contributed by atoms with E-state index < -0.39 is 31.2 Å². The van der Waals surface area contributed by atoms with Crippen molar-refractivity contribution in [3.63, 3.8) is 0 Å². The van der Waals surface area contributed by atoms with E-state index in [0.29, 0.717) is 12.4 Å². The van der Waals surface area contributed by atoms with Crippen LogP contribution in [0.4, 0.5) is 0 Å². The highest BCUT2D eigenvalue weighted by molar-refractivity contribution is 6.75. The van der Waals surface area contributed by atoms with Crippen LogP contribution in [-0.2, 0) is 18.0 Å². The third-order valence-electron chi connectivity index (χ3n) is 9.07. The van der Waals surface area contributed by atoms with Crippen LogP contribution in [0.25, 0.3) is 0 Å². The summed E-state index contributed by atoms with van der Waals surface area (Å²) in [7, 11) is -6.41. The molecule has 212 valence electrons. The summed E-state index contributed by atoms with van der Waals surface area (Å²) in [6.45, 7) is 34.3.